The van der Waals surface area contributed by atoms with Gasteiger partial charge in [0.1, 0.15) is 6.04 Å². The minimum Gasteiger partial charge on any atom is -0.352 e. The smallest absolute Gasteiger partial charge is 0.243 e. The second-order valence-corrected chi connectivity index (χ2v) is 13.6. The van der Waals surface area contributed by atoms with E-state index in [0.29, 0.717) is 21.5 Å². The Kier molecular flexibility index (Phi) is 12.3. The number of carbonyl (C=O) groups excluding carboxylic acids is 2. The quantitative estimate of drug-likeness (QED) is 0.265. The van der Waals surface area contributed by atoms with E-state index in [-0.39, 0.29) is 54.5 Å². The van der Waals surface area contributed by atoms with Crippen LogP contribution >= 0.6 is 46.4 Å². The molecule has 2 aromatic rings. The highest BCUT2D eigenvalue weighted by atomic mass is 35.5. The van der Waals surface area contributed by atoms with E-state index >= 15 is 0 Å². The van der Waals surface area contributed by atoms with Crippen LogP contribution in [0.5, 0.6) is 0 Å². The van der Waals surface area contributed by atoms with E-state index in [1.807, 2.05) is 6.92 Å². The van der Waals surface area contributed by atoms with Crippen molar-refractivity contribution < 1.29 is 18.0 Å². The maximum absolute atomic E-state index is 13.7. The normalized spacial score (nSPS) is 14.9. The van der Waals surface area contributed by atoms with E-state index in [2.05, 4.69) is 5.32 Å². The number of hydrogen-bond donors (Lipinski definition) is 1. The molecule has 0 radical (unpaired) electrons. The summed E-state index contributed by atoms with van der Waals surface area (Å²) in [6, 6.07) is 9.09. The van der Waals surface area contributed by atoms with Crippen LogP contribution in [0.2, 0.25) is 20.1 Å². The third-order valence-electron chi connectivity index (χ3n) is 7.00. The lowest BCUT2D eigenvalue weighted by Gasteiger charge is -2.33. The first-order valence-electron chi connectivity index (χ1n) is 13.4. The number of amides is 2. The zero-order valence-electron chi connectivity index (χ0n) is 22.6. The van der Waals surface area contributed by atoms with Gasteiger partial charge in [-0.15, -0.1) is 0 Å². The summed E-state index contributed by atoms with van der Waals surface area (Å²) in [4.78, 5) is 28.6. The molecule has 1 fully saturated rings. The van der Waals surface area contributed by atoms with Crippen molar-refractivity contribution in [2.75, 3.05) is 17.1 Å². The monoisotopic (exact) mass is 649 g/mol. The molecule has 40 heavy (non-hydrogen) atoms. The maximum atomic E-state index is 13.7. The predicted molar refractivity (Wildman–Crippen MR) is 164 cm³/mol. The van der Waals surface area contributed by atoms with Crippen molar-refractivity contribution in [2.45, 2.75) is 76.9 Å². The van der Waals surface area contributed by atoms with Gasteiger partial charge in [0.2, 0.25) is 21.8 Å². The van der Waals surface area contributed by atoms with Crippen LogP contribution in [0, 0.1) is 0 Å². The predicted octanol–water partition coefficient (Wildman–Crippen LogP) is 7.10. The standard InChI is InChI=1S/C28H35Cl4N3O4S/c1-3-25(28(37)33-21-8-5-4-6-9-21)34(18-19-11-13-22(30)24(32)16-19)27(36)10-7-15-35(40(2,38)39)26-17-20(29)12-14-23(26)31/h11-14,16-17,21,25H,3-10,15,18H2,1-2H3,(H,33,37). The Labute approximate surface area is 257 Å². The molecule has 1 aliphatic carbocycles. The average Bonchev–Trinajstić information content (AvgIpc) is 2.90. The number of hydrogen-bond acceptors (Lipinski definition) is 4. The Morgan fingerprint density at radius 2 is 1.65 bits per heavy atom. The lowest BCUT2D eigenvalue weighted by atomic mass is 9.95. The number of anilines is 1. The van der Waals surface area contributed by atoms with Crippen LogP contribution in [0.3, 0.4) is 0 Å². The summed E-state index contributed by atoms with van der Waals surface area (Å²) in [7, 11) is -3.71. The summed E-state index contributed by atoms with van der Waals surface area (Å²) in [5, 5.41) is 4.46. The largest absolute Gasteiger partial charge is 0.352 e. The fraction of sp³-hybridized carbons (Fsp3) is 0.500. The van der Waals surface area contributed by atoms with Gasteiger partial charge >= 0.3 is 0 Å². The number of nitrogens with one attached hydrogen (secondary N) is 1. The number of carbonyl (C=O) groups is 2. The van der Waals surface area contributed by atoms with Crippen LogP contribution < -0.4 is 9.62 Å². The molecule has 0 aromatic heterocycles. The molecule has 0 heterocycles. The summed E-state index contributed by atoms with van der Waals surface area (Å²) in [6.07, 6.45) is 6.86. The summed E-state index contributed by atoms with van der Waals surface area (Å²) in [5.41, 5.74) is 0.977. The Morgan fingerprint density at radius 3 is 2.27 bits per heavy atom. The van der Waals surface area contributed by atoms with Gasteiger partial charge in [0.05, 0.1) is 27.0 Å². The number of sulfonamides is 1. The summed E-state index contributed by atoms with van der Waals surface area (Å²) < 4.78 is 26.3. The molecule has 0 aliphatic heterocycles. The van der Waals surface area contributed by atoms with Crippen LogP contribution in [-0.4, -0.2) is 50.0 Å². The van der Waals surface area contributed by atoms with Gasteiger partial charge < -0.3 is 10.2 Å². The fourth-order valence-electron chi connectivity index (χ4n) is 4.96. The molecule has 220 valence electrons. The van der Waals surface area contributed by atoms with Crippen LogP contribution in [0.4, 0.5) is 5.69 Å². The molecule has 1 N–H and O–H groups in total. The third kappa shape index (κ3) is 9.15. The van der Waals surface area contributed by atoms with E-state index in [0.717, 1.165) is 48.2 Å². The van der Waals surface area contributed by atoms with Crippen molar-refractivity contribution in [3.63, 3.8) is 0 Å². The Hall–Kier alpha value is -1.71. The van der Waals surface area contributed by atoms with Crippen molar-refractivity contribution in [2.24, 2.45) is 0 Å². The molecule has 2 aromatic carbocycles. The van der Waals surface area contributed by atoms with E-state index in [1.165, 1.54) is 12.1 Å². The van der Waals surface area contributed by atoms with Crippen LogP contribution in [0.1, 0.15) is 63.9 Å². The van der Waals surface area contributed by atoms with Gasteiger partial charge in [-0.25, -0.2) is 8.42 Å². The molecule has 0 saturated heterocycles. The van der Waals surface area contributed by atoms with Gasteiger partial charge in [0, 0.05) is 30.6 Å². The molecule has 1 unspecified atom stereocenters. The van der Waals surface area contributed by atoms with Crippen molar-refractivity contribution >= 4 is 73.9 Å². The summed E-state index contributed by atoms with van der Waals surface area (Å²) in [6.45, 7) is 2.03. The van der Waals surface area contributed by atoms with Gasteiger partial charge in [0.25, 0.3) is 0 Å². The Balaban J connectivity index is 1.80. The highest BCUT2D eigenvalue weighted by Crippen LogP contribution is 2.31. The number of rotatable bonds is 12. The molecule has 0 bridgehead atoms. The number of halogens is 4. The summed E-state index contributed by atoms with van der Waals surface area (Å²) in [5.74, 6) is -0.464. The van der Waals surface area contributed by atoms with E-state index in [4.69, 9.17) is 46.4 Å². The van der Waals surface area contributed by atoms with E-state index in [9.17, 15) is 18.0 Å². The van der Waals surface area contributed by atoms with Gasteiger partial charge in [-0.1, -0.05) is 78.7 Å². The second kappa shape index (κ2) is 15.0. The van der Waals surface area contributed by atoms with Crippen LogP contribution in [-0.2, 0) is 26.2 Å². The van der Waals surface area contributed by atoms with E-state index < -0.39 is 16.1 Å². The van der Waals surface area contributed by atoms with Crippen molar-refractivity contribution in [3.05, 3.63) is 62.1 Å². The minimum atomic E-state index is -3.71. The van der Waals surface area contributed by atoms with Crippen LogP contribution in [0.25, 0.3) is 0 Å². The maximum Gasteiger partial charge on any atom is 0.243 e. The molecule has 2 amide bonds. The summed E-state index contributed by atoms with van der Waals surface area (Å²) >= 11 is 24.7. The molecule has 1 aliphatic rings. The van der Waals surface area contributed by atoms with Crippen molar-refractivity contribution in [3.8, 4) is 0 Å². The first-order valence-corrected chi connectivity index (χ1v) is 16.7. The number of nitrogens with zero attached hydrogens (tertiary/aromatic N) is 2. The molecule has 1 atom stereocenters. The van der Waals surface area contributed by atoms with Gasteiger partial charge in [-0.2, -0.15) is 0 Å². The number of benzene rings is 2. The van der Waals surface area contributed by atoms with Crippen molar-refractivity contribution in [1.82, 2.24) is 10.2 Å². The van der Waals surface area contributed by atoms with Gasteiger partial charge in [0.15, 0.2) is 0 Å². The van der Waals surface area contributed by atoms with Gasteiger partial charge in [-0.3, -0.25) is 13.9 Å². The van der Waals surface area contributed by atoms with Crippen molar-refractivity contribution in [1.29, 1.82) is 0 Å². The third-order valence-corrected chi connectivity index (χ3v) is 9.48. The topological polar surface area (TPSA) is 86.8 Å². The molecule has 0 spiro atoms. The molecule has 3 rings (SSSR count). The highest BCUT2D eigenvalue weighted by molar-refractivity contribution is 7.92. The minimum absolute atomic E-state index is 0.0102. The zero-order valence-corrected chi connectivity index (χ0v) is 26.5. The molecule has 12 heteroatoms. The molecule has 7 nitrogen and oxygen atoms in total. The lowest BCUT2D eigenvalue weighted by Crippen LogP contribution is -2.51. The van der Waals surface area contributed by atoms with Gasteiger partial charge in [-0.05, 0) is 61.6 Å². The zero-order chi connectivity index (χ0) is 29.4. The molecule has 1 saturated carbocycles. The molecular formula is C28H35Cl4N3O4S. The van der Waals surface area contributed by atoms with E-state index in [1.54, 1.807) is 29.2 Å². The SMILES string of the molecule is CCC(C(=O)NC1CCCCC1)N(Cc1ccc(Cl)c(Cl)c1)C(=O)CCCN(c1cc(Cl)ccc1Cl)S(C)(=O)=O. The highest BCUT2D eigenvalue weighted by Gasteiger charge is 2.30. The first kappa shape index (κ1) is 32.8. The Bertz CT molecular complexity index is 1300. The first-order chi connectivity index (χ1) is 18.9. The Morgan fingerprint density at radius 1 is 0.975 bits per heavy atom. The average molecular weight is 651 g/mol. The lowest BCUT2D eigenvalue weighted by molar-refractivity contribution is -0.141. The fourth-order valence-corrected chi connectivity index (χ4v) is 6.68. The second-order valence-electron chi connectivity index (χ2n) is 10.1. The molecular weight excluding hydrogens is 616 g/mol. The van der Waals surface area contributed by atoms with Crippen LogP contribution in [0.15, 0.2) is 36.4 Å².